The highest BCUT2D eigenvalue weighted by molar-refractivity contribution is 7.14. The summed E-state index contributed by atoms with van der Waals surface area (Å²) in [6.45, 7) is -3.09. The van der Waals surface area contributed by atoms with Crippen LogP contribution in [0, 0.1) is 0 Å². The van der Waals surface area contributed by atoms with Gasteiger partial charge in [-0.2, -0.15) is 8.78 Å². The molecule has 6 nitrogen and oxygen atoms in total. The molecule has 0 saturated heterocycles. The molecule has 3 aromatic rings. The molecule has 0 spiro atoms. The lowest BCUT2D eigenvalue weighted by Crippen LogP contribution is -2.15. The number of halogens is 2. The third kappa shape index (κ3) is 3.94. The number of nitrogens with one attached hydrogen (secondary N) is 1. The number of alkyl halides is 2. The number of amides is 1. The number of aromatic nitrogens is 2. The second-order valence-electron chi connectivity index (χ2n) is 4.92. The first-order valence-electron chi connectivity index (χ1n) is 7.38. The van der Waals surface area contributed by atoms with Crippen LogP contribution < -0.4 is 14.8 Å². The zero-order chi connectivity index (χ0) is 18.5. The predicted molar refractivity (Wildman–Crippen MR) is 92.9 cm³/mol. The zero-order valence-corrected chi connectivity index (χ0v) is 14.3. The van der Waals surface area contributed by atoms with E-state index in [0.29, 0.717) is 16.5 Å². The minimum atomic E-state index is -3.09. The Hall–Kier alpha value is -3.07. The summed E-state index contributed by atoms with van der Waals surface area (Å²) in [6.07, 6.45) is 1.64. The van der Waals surface area contributed by atoms with E-state index in [1.807, 2.05) is 6.07 Å². The van der Waals surface area contributed by atoms with Crippen LogP contribution in [0.1, 0.15) is 10.4 Å². The first-order valence-corrected chi connectivity index (χ1v) is 8.26. The summed E-state index contributed by atoms with van der Waals surface area (Å²) in [5.41, 5.74) is 1.17. The van der Waals surface area contributed by atoms with Gasteiger partial charge >= 0.3 is 6.61 Å². The molecule has 0 unspecified atom stereocenters. The second kappa shape index (κ2) is 7.87. The first kappa shape index (κ1) is 17.7. The number of methoxy groups -OCH3 is 1. The Morgan fingerprint density at radius 1 is 1.19 bits per heavy atom. The smallest absolute Gasteiger partial charge is 0.387 e. The van der Waals surface area contributed by atoms with Crippen LogP contribution in [0.4, 0.5) is 13.9 Å². The standard InChI is InChI=1S/C17H13F2N3O3S/c1-24-13-7-4-5-10(14(13)25-16(18)19)15(23)22-17-21-12(9-26-17)11-6-2-3-8-20-11/h2-9,16H,1H3,(H,21,22,23). The van der Waals surface area contributed by atoms with E-state index in [-0.39, 0.29) is 17.1 Å². The minimum absolute atomic E-state index is 0.0336. The van der Waals surface area contributed by atoms with E-state index < -0.39 is 12.5 Å². The fraction of sp³-hybridized carbons (Fsp3) is 0.118. The van der Waals surface area contributed by atoms with E-state index >= 15 is 0 Å². The monoisotopic (exact) mass is 377 g/mol. The van der Waals surface area contributed by atoms with E-state index in [4.69, 9.17) is 4.74 Å². The molecular weight excluding hydrogens is 364 g/mol. The average molecular weight is 377 g/mol. The molecule has 1 N–H and O–H groups in total. The largest absolute Gasteiger partial charge is 0.493 e. The summed E-state index contributed by atoms with van der Waals surface area (Å²) in [4.78, 5) is 21.0. The van der Waals surface area contributed by atoms with Crippen LogP contribution in [-0.4, -0.2) is 29.6 Å². The van der Waals surface area contributed by atoms with Gasteiger partial charge in [-0.3, -0.25) is 15.1 Å². The van der Waals surface area contributed by atoms with Crippen LogP contribution in [0.2, 0.25) is 0 Å². The Morgan fingerprint density at radius 2 is 2.04 bits per heavy atom. The molecule has 9 heteroatoms. The number of hydrogen-bond acceptors (Lipinski definition) is 6. The molecule has 0 atom stereocenters. The molecule has 0 aliphatic carbocycles. The Bertz CT molecular complexity index is 903. The molecule has 1 amide bonds. The van der Waals surface area contributed by atoms with Crippen molar-refractivity contribution in [2.75, 3.05) is 12.4 Å². The summed E-state index contributed by atoms with van der Waals surface area (Å²) in [5.74, 6) is -0.934. The molecule has 26 heavy (non-hydrogen) atoms. The van der Waals surface area contributed by atoms with Gasteiger partial charge in [-0.05, 0) is 24.3 Å². The molecular formula is C17H13F2N3O3S. The summed E-state index contributed by atoms with van der Waals surface area (Å²) in [7, 11) is 1.30. The third-order valence-corrected chi connectivity index (χ3v) is 4.06. The van der Waals surface area contributed by atoms with Crippen molar-refractivity contribution in [1.82, 2.24) is 9.97 Å². The fourth-order valence-electron chi connectivity index (χ4n) is 2.19. The number of carbonyl (C=O) groups is 1. The van der Waals surface area contributed by atoms with Crippen LogP contribution in [0.5, 0.6) is 11.5 Å². The van der Waals surface area contributed by atoms with Gasteiger partial charge in [0, 0.05) is 11.6 Å². The third-order valence-electron chi connectivity index (χ3n) is 3.30. The van der Waals surface area contributed by atoms with E-state index in [1.54, 1.807) is 23.7 Å². The summed E-state index contributed by atoms with van der Waals surface area (Å²) >= 11 is 1.19. The number of ether oxygens (including phenoxy) is 2. The van der Waals surface area contributed by atoms with E-state index in [1.165, 1.54) is 36.6 Å². The van der Waals surface area contributed by atoms with Gasteiger partial charge in [0.15, 0.2) is 16.6 Å². The number of thiazole rings is 1. The number of nitrogens with zero attached hydrogens (tertiary/aromatic N) is 2. The number of hydrogen-bond donors (Lipinski definition) is 1. The zero-order valence-electron chi connectivity index (χ0n) is 13.5. The van der Waals surface area contributed by atoms with E-state index in [9.17, 15) is 13.6 Å². The van der Waals surface area contributed by atoms with Crippen molar-refractivity contribution in [1.29, 1.82) is 0 Å². The SMILES string of the molecule is COc1cccc(C(=O)Nc2nc(-c3ccccn3)cs2)c1OC(F)F. The molecule has 1 aromatic carbocycles. The molecule has 0 saturated carbocycles. The number of carbonyl (C=O) groups excluding carboxylic acids is 1. The van der Waals surface area contributed by atoms with Gasteiger partial charge in [-0.1, -0.05) is 12.1 Å². The highest BCUT2D eigenvalue weighted by atomic mass is 32.1. The number of benzene rings is 1. The normalized spacial score (nSPS) is 10.6. The molecule has 0 bridgehead atoms. The first-order chi connectivity index (χ1) is 12.6. The molecule has 134 valence electrons. The maximum atomic E-state index is 12.7. The quantitative estimate of drug-likeness (QED) is 0.701. The van der Waals surface area contributed by atoms with E-state index in [2.05, 4.69) is 20.0 Å². The van der Waals surface area contributed by atoms with Gasteiger partial charge in [-0.15, -0.1) is 11.3 Å². The van der Waals surface area contributed by atoms with Crippen LogP contribution in [0.15, 0.2) is 48.0 Å². The number of pyridine rings is 1. The Morgan fingerprint density at radius 3 is 2.73 bits per heavy atom. The lowest BCUT2D eigenvalue weighted by atomic mass is 10.1. The van der Waals surface area contributed by atoms with Gasteiger partial charge < -0.3 is 9.47 Å². The molecule has 0 aliphatic heterocycles. The predicted octanol–water partition coefficient (Wildman–Crippen LogP) is 4.07. The lowest BCUT2D eigenvalue weighted by molar-refractivity contribution is -0.0515. The highest BCUT2D eigenvalue weighted by Gasteiger charge is 2.21. The summed E-state index contributed by atoms with van der Waals surface area (Å²) < 4.78 is 34.8. The maximum absolute atomic E-state index is 12.7. The second-order valence-corrected chi connectivity index (χ2v) is 5.78. The van der Waals surface area contributed by atoms with Gasteiger partial charge in [0.1, 0.15) is 5.69 Å². The highest BCUT2D eigenvalue weighted by Crippen LogP contribution is 2.33. The van der Waals surface area contributed by atoms with E-state index in [0.717, 1.165) is 0 Å². The summed E-state index contributed by atoms with van der Waals surface area (Å²) in [6, 6.07) is 9.69. The van der Waals surface area contributed by atoms with Crippen molar-refractivity contribution in [3.05, 3.63) is 53.5 Å². The number of rotatable bonds is 6. The molecule has 0 radical (unpaired) electrons. The summed E-state index contributed by atoms with van der Waals surface area (Å²) in [5, 5.41) is 4.62. The van der Waals surface area contributed by atoms with Crippen LogP contribution in [-0.2, 0) is 0 Å². The van der Waals surface area contributed by atoms with Crippen molar-refractivity contribution < 1.29 is 23.0 Å². The minimum Gasteiger partial charge on any atom is -0.493 e. The Labute approximate surface area is 151 Å². The van der Waals surface area contributed by atoms with Crippen molar-refractivity contribution in [2.45, 2.75) is 6.61 Å². The van der Waals surface area contributed by atoms with Gasteiger partial charge in [0.05, 0.1) is 18.4 Å². The Kier molecular flexibility index (Phi) is 5.37. The van der Waals surface area contributed by atoms with Crippen LogP contribution in [0.3, 0.4) is 0 Å². The van der Waals surface area contributed by atoms with Crippen LogP contribution in [0.25, 0.3) is 11.4 Å². The van der Waals surface area contributed by atoms with Crippen molar-refractivity contribution in [3.8, 4) is 22.9 Å². The topological polar surface area (TPSA) is 73.3 Å². The molecule has 3 rings (SSSR count). The molecule has 0 aliphatic rings. The Balaban J connectivity index is 1.84. The van der Waals surface area contributed by atoms with Gasteiger partial charge in [0.25, 0.3) is 5.91 Å². The fourth-order valence-corrected chi connectivity index (χ4v) is 2.89. The van der Waals surface area contributed by atoms with Crippen molar-refractivity contribution >= 4 is 22.4 Å². The number of para-hydroxylation sites is 1. The molecule has 2 aromatic heterocycles. The van der Waals surface area contributed by atoms with Gasteiger partial charge in [0.2, 0.25) is 0 Å². The average Bonchev–Trinajstić information content (AvgIpc) is 3.10. The lowest BCUT2D eigenvalue weighted by Gasteiger charge is -2.13. The maximum Gasteiger partial charge on any atom is 0.387 e. The number of anilines is 1. The van der Waals surface area contributed by atoms with Crippen molar-refractivity contribution in [3.63, 3.8) is 0 Å². The van der Waals surface area contributed by atoms with Crippen LogP contribution >= 0.6 is 11.3 Å². The molecule has 2 heterocycles. The van der Waals surface area contributed by atoms with Crippen molar-refractivity contribution in [2.24, 2.45) is 0 Å². The van der Waals surface area contributed by atoms with Gasteiger partial charge in [-0.25, -0.2) is 4.98 Å². The molecule has 0 fully saturated rings.